The summed E-state index contributed by atoms with van der Waals surface area (Å²) >= 11 is 0. The largest absolute Gasteiger partial charge is 0.465 e. The predicted molar refractivity (Wildman–Crippen MR) is 127 cm³/mol. The maximum Gasteiger partial charge on any atom is 0.340 e. The highest BCUT2D eigenvalue weighted by atomic mass is 16.7. The molecule has 0 radical (unpaired) electrons. The molecular weight excluding hydrogens is 448 g/mol. The number of hydrogen-bond acceptors (Lipinski definition) is 6. The average molecular weight is 472 g/mol. The molecule has 0 aliphatic carbocycles. The van der Waals surface area contributed by atoms with Gasteiger partial charge in [-0.1, -0.05) is 31.2 Å². The minimum absolute atomic E-state index is 0.176. The first-order valence-corrected chi connectivity index (χ1v) is 11.5. The maximum absolute atomic E-state index is 13.1. The first kappa shape index (κ1) is 21.3. The number of aromatic nitrogens is 2. The molecule has 0 fully saturated rings. The number of fused-ring (bicyclic) bond motifs is 5. The van der Waals surface area contributed by atoms with E-state index in [9.17, 15) is 9.59 Å². The van der Waals surface area contributed by atoms with Gasteiger partial charge in [0.2, 0.25) is 6.79 Å². The number of para-hydroxylation sites is 1. The Bertz CT molecular complexity index is 1510. The van der Waals surface area contributed by atoms with Crippen LogP contribution >= 0.6 is 0 Å². The number of nitrogens with one attached hydrogen (secondary N) is 1. The lowest BCUT2D eigenvalue weighted by molar-refractivity contribution is 0.0555. The van der Waals surface area contributed by atoms with Crippen molar-refractivity contribution in [2.45, 2.75) is 25.8 Å². The second-order valence-corrected chi connectivity index (χ2v) is 8.60. The number of benzene rings is 2. The molecule has 8 heteroatoms. The number of esters is 2. The summed E-state index contributed by atoms with van der Waals surface area (Å²) < 4.78 is 23.6. The third-order valence-electron chi connectivity index (χ3n) is 6.96. The van der Waals surface area contributed by atoms with Crippen LogP contribution in [0.5, 0.6) is 11.5 Å². The van der Waals surface area contributed by atoms with Crippen molar-refractivity contribution in [3.05, 3.63) is 81.8 Å². The van der Waals surface area contributed by atoms with Gasteiger partial charge in [0.25, 0.3) is 0 Å². The molecular formula is C27H24N2O6. The van der Waals surface area contributed by atoms with Crippen molar-refractivity contribution >= 4 is 22.8 Å². The van der Waals surface area contributed by atoms with E-state index >= 15 is 0 Å². The predicted octanol–water partition coefficient (Wildman–Crippen LogP) is 4.38. The smallest absolute Gasteiger partial charge is 0.340 e. The summed E-state index contributed by atoms with van der Waals surface area (Å²) in [5.74, 6) is 0.248. The first-order chi connectivity index (χ1) is 17.1. The van der Waals surface area contributed by atoms with E-state index in [4.69, 9.17) is 18.9 Å². The Labute approximate surface area is 201 Å². The number of rotatable bonds is 4. The highest BCUT2D eigenvalue weighted by molar-refractivity contribution is 6.06. The summed E-state index contributed by atoms with van der Waals surface area (Å²) in [6.45, 7) is 2.14. The summed E-state index contributed by atoms with van der Waals surface area (Å²) in [6, 6.07) is 13.6. The Morgan fingerprint density at radius 1 is 1.03 bits per heavy atom. The van der Waals surface area contributed by atoms with Crippen molar-refractivity contribution in [3.63, 3.8) is 0 Å². The number of nitrogens with zero attached hydrogens (tertiary/aromatic N) is 1. The van der Waals surface area contributed by atoms with Gasteiger partial charge in [0.15, 0.2) is 11.5 Å². The molecule has 1 atom stereocenters. The van der Waals surface area contributed by atoms with Crippen LogP contribution in [-0.2, 0) is 22.3 Å². The Morgan fingerprint density at radius 2 is 1.77 bits per heavy atom. The molecule has 2 aliphatic rings. The van der Waals surface area contributed by atoms with E-state index in [0.717, 1.165) is 39.1 Å². The number of aromatic amines is 1. The minimum Gasteiger partial charge on any atom is -0.465 e. The molecule has 178 valence electrons. The van der Waals surface area contributed by atoms with Crippen LogP contribution in [0.2, 0.25) is 0 Å². The summed E-state index contributed by atoms with van der Waals surface area (Å²) in [5.41, 5.74) is 6.02. The molecule has 2 aromatic heterocycles. The summed E-state index contributed by atoms with van der Waals surface area (Å²) in [4.78, 5) is 29.7. The molecule has 2 aliphatic heterocycles. The number of hydrogen-bond donors (Lipinski definition) is 1. The van der Waals surface area contributed by atoms with E-state index in [2.05, 4.69) is 15.6 Å². The molecule has 0 bridgehead atoms. The van der Waals surface area contributed by atoms with E-state index in [1.807, 2.05) is 43.3 Å². The zero-order valence-electron chi connectivity index (χ0n) is 19.6. The van der Waals surface area contributed by atoms with Gasteiger partial charge in [-0.2, -0.15) is 0 Å². The van der Waals surface area contributed by atoms with Gasteiger partial charge in [0.05, 0.1) is 31.4 Å². The molecule has 4 heterocycles. The number of ether oxygens (including phenoxy) is 4. The van der Waals surface area contributed by atoms with Gasteiger partial charge in [-0.3, -0.25) is 0 Å². The molecule has 2 aromatic carbocycles. The second-order valence-electron chi connectivity index (χ2n) is 8.60. The van der Waals surface area contributed by atoms with Crippen LogP contribution < -0.4 is 9.47 Å². The Balaban J connectivity index is 1.70. The van der Waals surface area contributed by atoms with Gasteiger partial charge in [0.1, 0.15) is 0 Å². The third kappa shape index (κ3) is 2.99. The van der Waals surface area contributed by atoms with Crippen molar-refractivity contribution < 1.29 is 28.5 Å². The van der Waals surface area contributed by atoms with Crippen molar-refractivity contribution in [1.82, 2.24) is 9.55 Å². The Hall–Kier alpha value is -4.20. The van der Waals surface area contributed by atoms with Crippen LogP contribution in [0.25, 0.3) is 10.9 Å². The van der Waals surface area contributed by atoms with Gasteiger partial charge in [0, 0.05) is 34.4 Å². The zero-order valence-corrected chi connectivity index (χ0v) is 19.6. The van der Waals surface area contributed by atoms with Gasteiger partial charge >= 0.3 is 11.9 Å². The van der Waals surface area contributed by atoms with E-state index in [1.54, 1.807) is 0 Å². The topological polar surface area (TPSA) is 91.8 Å². The van der Waals surface area contributed by atoms with Crippen LogP contribution in [0.4, 0.5) is 0 Å². The highest BCUT2D eigenvalue weighted by Crippen LogP contribution is 2.45. The normalized spacial score (nSPS) is 15.6. The summed E-state index contributed by atoms with van der Waals surface area (Å²) in [6.07, 6.45) is 0.986. The second kappa shape index (κ2) is 7.94. The van der Waals surface area contributed by atoms with E-state index in [0.29, 0.717) is 24.3 Å². The van der Waals surface area contributed by atoms with Gasteiger partial charge in [-0.15, -0.1) is 0 Å². The Morgan fingerprint density at radius 3 is 2.54 bits per heavy atom. The standard InChI is InChI=1S/C27H24N2O6/c1-4-18-22(26(30)32-2)23(27(31)33-3)19-12-16-15-7-5-6-8-17(15)28-24(16)25(29(18)19)14-9-10-20-21(11-14)35-13-34-20/h5-11,25,28H,4,12-13H2,1-3H3. The molecule has 6 rings (SSSR count). The van der Waals surface area contributed by atoms with Gasteiger partial charge < -0.3 is 28.5 Å². The molecule has 0 spiro atoms. The Kier molecular flexibility index (Phi) is 4.84. The summed E-state index contributed by atoms with van der Waals surface area (Å²) in [7, 11) is 2.65. The summed E-state index contributed by atoms with van der Waals surface area (Å²) in [5, 5.41) is 1.08. The third-order valence-corrected chi connectivity index (χ3v) is 6.96. The fourth-order valence-corrected chi connectivity index (χ4v) is 5.51. The minimum atomic E-state index is -0.554. The SMILES string of the molecule is CCc1c(C(=O)OC)c(C(=O)OC)c2n1C(c1ccc3c(c1)OCO3)c1[nH]c3ccccc3c1C2. The molecule has 4 aromatic rings. The lowest BCUT2D eigenvalue weighted by Gasteiger charge is -2.30. The molecule has 0 saturated carbocycles. The number of carbonyl (C=O) groups excluding carboxylic acids is 2. The van der Waals surface area contributed by atoms with E-state index < -0.39 is 11.9 Å². The fourth-order valence-electron chi connectivity index (χ4n) is 5.51. The van der Waals surface area contributed by atoms with Gasteiger partial charge in [-0.05, 0) is 35.7 Å². The van der Waals surface area contributed by atoms with Gasteiger partial charge in [-0.25, -0.2) is 9.59 Å². The van der Waals surface area contributed by atoms with Crippen LogP contribution in [0, 0.1) is 0 Å². The first-order valence-electron chi connectivity index (χ1n) is 11.5. The monoisotopic (exact) mass is 472 g/mol. The van der Waals surface area contributed by atoms with Crippen LogP contribution in [-0.4, -0.2) is 42.5 Å². The van der Waals surface area contributed by atoms with E-state index in [-0.39, 0.29) is 24.0 Å². The number of H-pyrrole nitrogens is 1. The fraction of sp³-hybridized carbons (Fsp3) is 0.259. The zero-order chi connectivity index (χ0) is 24.3. The molecule has 35 heavy (non-hydrogen) atoms. The van der Waals surface area contributed by atoms with Crippen LogP contribution in [0.1, 0.15) is 61.9 Å². The molecule has 1 N–H and O–H groups in total. The lowest BCUT2D eigenvalue weighted by atomic mass is 9.91. The highest BCUT2D eigenvalue weighted by Gasteiger charge is 2.40. The maximum atomic E-state index is 13.1. The molecule has 0 amide bonds. The van der Waals surface area contributed by atoms with Crippen molar-refractivity contribution in [1.29, 1.82) is 0 Å². The molecule has 0 saturated heterocycles. The van der Waals surface area contributed by atoms with Crippen molar-refractivity contribution in [3.8, 4) is 11.5 Å². The van der Waals surface area contributed by atoms with Crippen molar-refractivity contribution in [2.24, 2.45) is 0 Å². The number of carbonyl (C=O) groups is 2. The van der Waals surface area contributed by atoms with Crippen molar-refractivity contribution in [2.75, 3.05) is 21.0 Å². The number of methoxy groups -OCH3 is 2. The van der Waals surface area contributed by atoms with Crippen LogP contribution in [0.3, 0.4) is 0 Å². The lowest BCUT2D eigenvalue weighted by Crippen LogP contribution is -2.24. The average Bonchev–Trinajstić information content (AvgIpc) is 3.59. The van der Waals surface area contributed by atoms with E-state index in [1.165, 1.54) is 14.2 Å². The molecule has 1 unspecified atom stereocenters. The quantitative estimate of drug-likeness (QED) is 0.391. The molecule has 8 nitrogen and oxygen atoms in total. The van der Waals surface area contributed by atoms with Crippen LogP contribution in [0.15, 0.2) is 42.5 Å².